The molecule has 0 saturated heterocycles. The molecule has 4 N–H and O–H groups in total. The van der Waals surface area contributed by atoms with Gasteiger partial charge in [0.15, 0.2) is 5.78 Å². The summed E-state index contributed by atoms with van der Waals surface area (Å²) in [5.41, 5.74) is 1.49. The number of pyridine rings is 2. The Labute approximate surface area is 374 Å². The van der Waals surface area contributed by atoms with Crippen LogP contribution in [-0.2, 0) is 68.3 Å². The van der Waals surface area contributed by atoms with Gasteiger partial charge in [-0.25, -0.2) is 9.37 Å². The number of nitrogens with zero attached hydrogens (tertiary/aromatic N) is 3. The number of nitrogens with one attached hydrogen (secondary N) is 3. The molecule has 0 unspecified atom stereocenters. The summed E-state index contributed by atoms with van der Waals surface area (Å²) in [6.07, 6.45) is 4.43. The molecule has 3 aromatic rings. The van der Waals surface area contributed by atoms with Crippen LogP contribution in [0.3, 0.4) is 0 Å². The quantitative estimate of drug-likeness (QED) is 0.0536. The number of unbranched alkanes of at least 4 members (excludes halogenated alkanes) is 2. The van der Waals surface area contributed by atoms with Gasteiger partial charge in [-0.05, 0) is 56.4 Å². The van der Waals surface area contributed by atoms with Gasteiger partial charge in [-0.1, -0.05) is 33.8 Å². The number of aliphatic hydroxyl groups is 1. The number of benzene rings is 1. The van der Waals surface area contributed by atoms with E-state index in [4.69, 9.17) is 14.5 Å². The fourth-order valence-corrected chi connectivity index (χ4v) is 8.25. The minimum Gasteiger partial charge on any atom is -0.490 e. The number of rotatable bonds is 21. The van der Waals surface area contributed by atoms with Crippen LogP contribution in [0, 0.1) is 24.6 Å². The van der Waals surface area contributed by atoms with Crippen molar-refractivity contribution in [2.24, 2.45) is 11.8 Å². The average molecular weight is 899 g/mol. The van der Waals surface area contributed by atoms with Gasteiger partial charge in [0, 0.05) is 78.9 Å². The molecule has 18 heteroatoms. The highest BCUT2D eigenvalue weighted by atomic mass is 19.1. The maximum absolute atomic E-state index is 14.9. The first-order valence-electron chi connectivity index (χ1n) is 21.8. The maximum atomic E-state index is 14.9. The topological polar surface area (TPSA) is 232 Å². The number of aromatic nitrogens is 2. The number of aryl methyl sites for hydroxylation is 1. The number of imide groups is 1. The van der Waals surface area contributed by atoms with E-state index in [-0.39, 0.29) is 87.6 Å². The number of hydrogen-bond acceptors (Lipinski definition) is 12. The zero-order chi connectivity index (χ0) is 47.3. The Balaban J connectivity index is 0.951. The molecule has 0 fully saturated rings. The number of hydrogen-bond donors (Lipinski definition) is 4. The van der Waals surface area contributed by atoms with Crippen LogP contribution in [0.4, 0.5) is 4.39 Å². The third-order valence-electron chi connectivity index (χ3n) is 12.3. The summed E-state index contributed by atoms with van der Waals surface area (Å²) in [7, 11) is 0. The summed E-state index contributed by atoms with van der Waals surface area (Å²) < 4.78 is 27.4. The van der Waals surface area contributed by atoms with Gasteiger partial charge in [0.25, 0.3) is 17.4 Å². The van der Waals surface area contributed by atoms with Gasteiger partial charge in [0.05, 0.1) is 35.1 Å². The third-order valence-corrected chi connectivity index (χ3v) is 12.3. The van der Waals surface area contributed by atoms with E-state index >= 15 is 0 Å². The second-order valence-corrected chi connectivity index (χ2v) is 17.0. The van der Waals surface area contributed by atoms with E-state index in [9.17, 15) is 47.9 Å². The fourth-order valence-electron chi connectivity index (χ4n) is 8.25. The lowest BCUT2D eigenvalue weighted by atomic mass is 9.84. The lowest BCUT2D eigenvalue weighted by Crippen LogP contribution is -2.43. The van der Waals surface area contributed by atoms with Crippen molar-refractivity contribution in [1.29, 1.82) is 0 Å². The van der Waals surface area contributed by atoms with Crippen molar-refractivity contribution < 1.29 is 52.5 Å². The molecule has 6 rings (SSSR count). The van der Waals surface area contributed by atoms with Crippen LogP contribution >= 0.6 is 0 Å². The lowest BCUT2D eigenvalue weighted by Gasteiger charge is -2.35. The van der Waals surface area contributed by atoms with Crippen LogP contribution in [0.25, 0.3) is 22.3 Å². The molecule has 4 atom stereocenters. The highest BCUT2D eigenvalue weighted by Gasteiger charge is 2.42. The van der Waals surface area contributed by atoms with E-state index in [1.54, 1.807) is 32.9 Å². The van der Waals surface area contributed by atoms with Crippen molar-refractivity contribution in [1.82, 2.24) is 30.4 Å². The highest BCUT2D eigenvalue weighted by Crippen LogP contribution is 2.43. The largest absolute Gasteiger partial charge is 0.490 e. The first kappa shape index (κ1) is 48.1. The van der Waals surface area contributed by atoms with Gasteiger partial charge >= 0.3 is 0 Å². The second-order valence-electron chi connectivity index (χ2n) is 17.0. The zero-order valence-electron chi connectivity index (χ0n) is 37.3. The van der Waals surface area contributed by atoms with E-state index in [2.05, 4.69) is 22.5 Å². The molecule has 0 saturated carbocycles. The minimum atomic E-state index is -1.59. The molecule has 3 aliphatic rings. The van der Waals surface area contributed by atoms with Crippen LogP contribution < -0.4 is 21.5 Å². The van der Waals surface area contributed by atoms with Gasteiger partial charge < -0.3 is 35.1 Å². The third kappa shape index (κ3) is 10.4. The summed E-state index contributed by atoms with van der Waals surface area (Å²) in [5, 5.41) is 20.0. The SMILES string of the molecule is C=C1OCc2c(cc3n(c2=O)Cc2c-3nc3cc(F)c(C)cc3c2CNC(=O)COCNC(=O)[C@H](C)CC(=O)[C@H](C)NC(=O)[C@H](C)CC(=O)CCCCCN2C(=O)C=CC2=O)[C@@]1(O)CC. The molecule has 0 aliphatic carbocycles. The first-order valence-corrected chi connectivity index (χ1v) is 21.8. The van der Waals surface area contributed by atoms with E-state index in [1.807, 2.05) is 0 Å². The predicted molar refractivity (Wildman–Crippen MR) is 234 cm³/mol. The molecule has 17 nitrogen and oxygen atoms in total. The monoisotopic (exact) mass is 898 g/mol. The molecule has 5 amide bonds. The average Bonchev–Trinajstić information content (AvgIpc) is 3.80. The van der Waals surface area contributed by atoms with Crippen LogP contribution in [0.15, 0.2) is 47.5 Å². The molecule has 2 aromatic heterocycles. The van der Waals surface area contributed by atoms with Crippen molar-refractivity contribution in [2.45, 2.75) is 111 Å². The molecule has 346 valence electrons. The van der Waals surface area contributed by atoms with Crippen LogP contribution in [-0.4, -0.2) is 86.6 Å². The van der Waals surface area contributed by atoms with Crippen molar-refractivity contribution >= 4 is 52.0 Å². The molecule has 0 radical (unpaired) electrons. The minimum absolute atomic E-state index is 0.0155. The fraction of sp³-hybridized carbons (Fsp3) is 0.468. The molecule has 5 heterocycles. The predicted octanol–water partition coefficient (Wildman–Crippen LogP) is 3.40. The summed E-state index contributed by atoms with van der Waals surface area (Å²) >= 11 is 0. The Bertz CT molecular complexity index is 2550. The lowest BCUT2D eigenvalue weighted by molar-refractivity contribution is -0.137. The Morgan fingerprint density at radius 2 is 1.68 bits per heavy atom. The second kappa shape index (κ2) is 20.2. The van der Waals surface area contributed by atoms with E-state index < -0.39 is 59.4 Å². The molecule has 3 aliphatic heterocycles. The van der Waals surface area contributed by atoms with Gasteiger partial charge in [-0.3, -0.25) is 43.3 Å². The normalized spacial score (nSPS) is 17.5. The number of amides is 5. The van der Waals surface area contributed by atoms with Gasteiger partial charge in [0.2, 0.25) is 17.7 Å². The number of ether oxygens (including phenoxy) is 2. The van der Waals surface area contributed by atoms with Gasteiger partial charge in [-0.15, -0.1) is 0 Å². The molecule has 0 spiro atoms. The van der Waals surface area contributed by atoms with Crippen LogP contribution in [0.1, 0.15) is 100 Å². The Hall–Kier alpha value is -6.40. The number of halogens is 1. The van der Waals surface area contributed by atoms with E-state index in [0.717, 1.165) is 4.90 Å². The molecule has 1 aromatic carbocycles. The number of carbonyl (C=O) groups excluding carboxylic acids is 7. The van der Waals surface area contributed by atoms with Crippen molar-refractivity contribution in [2.75, 3.05) is 19.9 Å². The standard InChI is InChI=1S/C47H55FN6O11/c1-7-47(63)29(6)65-22-34-35(47)18-38-43-33(21-54(38)46(34)62)32(31-16-25(2)36(48)19-37(31)52-43)20-49-40(57)23-64-24-50-44(60)27(4)17-39(56)28(5)51-45(61)26(3)15-30(55)11-9-8-10-14-53-41(58)12-13-42(53)59/h12-13,16,18-19,26-28,63H,6-11,14-15,17,20-24H2,1-5H3,(H,49,57)(H,50,60)(H,51,61)/t26-,27-,28+,47-/m1/s1. The molecular weight excluding hydrogens is 844 g/mol. The van der Waals surface area contributed by atoms with Gasteiger partial charge in [0.1, 0.15) is 42.9 Å². The molecule has 0 bridgehead atoms. The molecule has 65 heavy (non-hydrogen) atoms. The number of carbonyl (C=O) groups is 7. The van der Waals surface area contributed by atoms with Crippen molar-refractivity contribution in [3.8, 4) is 11.4 Å². The Kier molecular flexibility index (Phi) is 14.9. The summed E-state index contributed by atoms with van der Waals surface area (Å²) in [4.78, 5) is 107. The summed E-state index contributed by atoms with van der Waals surface area (Å²) in [6, 6.07) is 3.72. The first-order chi connectivity index (χ1) is 30.8. The summed E-state index contributed by atoms with van der Waals surface area (Å²) in [6.45, 7) is 11.4. The van der Waals surface area contributed by atoms with Crippen molar-refractivity contribution in [3.05, 3.63) is 86.7 Å². The smallest absolute Gasteiger partial charge is 0.258 e. The Morgan fingerprint density at radius 1 is 0.969 bits per heavy atom. The summed E-state index contributed by atoms with van der Waals surface area (Å²) in [5.74, 6) is -4.56. The van der Waals surface area contributed by atoms with Crippen molar-refractivity contribution in [3.63, 3.8) is 0 Å². The van der Waals surface area contributed by atoms with E-state index in [0.29, 0.717) is 69.4 Å². The molecular formula is C47H55FN6O11. The number of ketones is 2. The maximum Gasteiger partial charge on any atom is 0.258 e. The highest BCUT2D eigenvalue weighted by molar-refractivity contribution is 6.12. The Morgan fingerprint density at radius 3 is 2.38 bits per heavy atom. The van der Waals surface area contributed by atoms with Crippen LogP contribution in [0.5, 0.6) is 0 Å². The zero-order valence-corrected chi connectivity index (χ0v) is 37.3. The van der Waals surface area contributed by atoms with E-state index in [1.165, 1.54) is 36.6 Å². The van der Waals surface area contributed by atoms with Crippen LogP contribution in [0.2, 0.25) is 0 Å². The number of fused-ring (bicyclic) bond motifs is 5. The van der Waals surface area contributed by atoms with Gasteiger partial charge in [-0.2, -0.15) is 0 Å². The number of Topliss-reactive ketones (excluding diaryl/α,β-unsaturated/α-hetero) is 2.